The number of carbonyl (C=O) groups excluding carboxylic acids is 1. The molecule has 4 heteroatoms. The second-order valence-electron chi connectivity index (χ2n) is 3.44. The Morgan fingerprint density at radius 1 is 1.53 bits per heavy atom. The fourth-order valence-corrected chi connectivity index (χ4v) is 1.52. The third kappa shape index (κ3) is 1.83. The van der Waals surface area contributed by atoms with Crippen LogP contribution < -0.4 is 5.32 Å². The molecule has 1 aliphatic rings. The molecule has 2 rings (SSSR count). The van der Waals surface area contributed by atoms with Crippen LogP contribution in [0.4, 0.5) is 0 Å². The molecule has 0 radical (unpaired) electrons. The maximum absolute atomic E-state index is 11.4. The molecule has 1 aromatic carbocycles. The van der Waals surface area contributed by atoms with E-state index in [9.17, 15) is 9.90 Å². The predicted molar refractivity (Wildman–Crippen MR) is 56.9 cm³/mol. The molecule has 4 nitrogen and oxygen atoms in total. The number of amides is 1. The van der Waals surface area contributed by atoms with Gasteiger partial charge in [-0.2, -0.15) is 0 Å². The fourth-order valence-electron chi connectivity index (χ4n) is 1.52. The Morgan fingerprint density at radius 2 is 2.33 bits per heavy atom. The highest BCUT2D eigenvalue weighted by atomic mass is 16.3. The van der Waals surface area contributed by atoms with Crippen LogP contribution in [0.15, 0.2) is 29.3 Å². The SMILES string of the molecule is CCC1N=C(c2cccc(O)c2)NC1=O. The molecular weight excluding hydrogens is 192 g/mol. The molecular formula is C11H12N2O2. The Morgan fingerprint density at radius 3 is 2.93 bits per heavy atom. The first-order valence-electron chi connectivity index (χ1n) is 4.88. The van der Waals surface area contributed by atoms with Crippen LogP contribution in [0.5, 0.6) is 5.75 Å². The molecule has 1 unspecified atom stereocenters. The van der Waals surface area contributed by atoms with E-state index < -0.39 is 0 Å². The van der Waals surface area contributed by atoms with E-state index in [-0.39, 0.29) is 17.7 Å². The van der Waals surface area contributed by atoms with Crippen molar-refractivity contribution in [3.05, 3.63) is 29.8 Å². The van der Waals surface area contributed by atoms with Gasteiger partial charge in [0.25, 0.3) is 0 Å². The highest BCUT2D eigenvalue weighted by Crippen LogP contribution is 2.15. The van der Waals surface area contributed by atoms with Crippen LogP contribution in [0, 0.1) is 0 Å². The number of nitrogens with one attached hydrogen (secondary N) is 1. The van der Waals surface area contributed by atoms with Crippen LogP contribution in [0.1, 0.15) is 18.9 Å². The molecule has 0 aliphatic carbocycles. The summed E-state index contributed by atoms with van der Waals surface area (Å²) < 4.78 is 0. The number of benzene rings is 1. The van der Waals surface area contributed by atoms with Gasteiger partial charge in [0.05, 0.1) is 0 Å². The molecule has 1 aromatic rings. The molecule has 0 aromatic heterocycles. The van der Waals surface area contributed by atoms with Gasteiger partial charge in [0.2, 0.25) is 5.91 Å². The van der Waals surface area contributed by atoms with E-state index in [0.717, 1.165) is 5.56 Å². The third-order valence-corrected chi connectivity index (χ3v) is 2.34. The van der Waals surface area contributed by atoms with Gasteiger partial charge in [-0.25, -0.2) is 0 Å². The van der Waals surface area contributed by atoms with Gasteiger partial charge < -0.3 is 10.4 Å². The number of hydrogen-bond donors (Lipinski definition) is 2. The number of nitrogens with zero attached hydrogens (tertiary/aromatic N) is 1. The summed E-state index contributed by atoms with van der Waals surface area (Å²) in [5.41, 5.74) is 0.735. The van der Waals surface area contributed by atoms with Crippen molar-refractivity contribution < 1.29 is 9.90 Å². The summed E-state index contributed by atoms with van der Waals surface area (Å²) in [5, 5.41) is 12.0. The lowest BCUT2D eigenvalue weighted by Gasteiger charge is -2.00. The highest BCUT2D eigenvalue weighted by molar-refractivity contribution is 6.13. The lowest BCUT2D eigenvalue weighted by molar-refractivity contribution is -0.120. The third-order valence-electron chi connectivity index (χ3n) is 2.34. The van der Waals surface area contributed by atoms with Gasteiger partial charge in [-0.05, 0) is 18.6 Å². The standard InChI is InChI=1S/C11H12N2O2/c1-2-9-11(15)13-10(12-9)7-4-3-5-8(14)6-7/h3-6,9,14H,2H2,1H3,(H,12,13,15). The van der Waals surface area contributed by atoms with Gasteiger partial charge in [0.1, 0.15) is 17.6 Å². The molecule has 1 amide bonds. The maximum Gasteiger partial charge on any atom is 0.250 e. The Bertz CT molecular complexity index is 426. The smallest absolute Gasteiger partial charge is 0.250 e. The van der Waals surface area contributed by atoms with Crippen LogP contribution >= 0.6 is 0 Å². The van der Waals surface area contributed by atoms with Gasteiger partial charge in [-0.15, -0.1) is 0 Å². The van der Waals surface area contributed by atoms with Crippen molar-refractivity contribution in [3.8, 4) is 5.75 Å². The zero-order chi connectivity index (χ0) is 10.8. The first kappa shape index (κ1) is 9.71. The van der Waals surface area contributed by atoms with E-state index in [1.165, 1.54) is 0 Å². The Labute approximate surface area is 87.7 Å². The van der Waals surface area contributed by atoms with Crippen LogP contribution in [0.25, 0.3) is 0 Å². The Balaban J connectivity index is 2.30. The number of rotatable bonds is 2. The minimum absolute atomic E-state index is 0.0733. The van der Waals surface area contributed by atoms with E-state index in [1.54, 1.807) is 24.3 Å². The summed E-state index contributed by atoms with van der Waals surface area (Å²) in [6.07, 6.45) is 0.689. The lowest BCUT2D eigenvalue weighted by atomic mass is 10.2. The number of phenols is 1. The van der Waals surface area contributed by atoms with Crippen LogP contribution in [0.3, 0.4) is 0 Å². The molecule has 78 valence electrons. The minimum atomic E-state index is -0.289. The monoisotopic (exact) mass is 204 g/mol. The summed E-state index contributed by atoms with van der Waals surface area (Å²) in [5.74, 6) is 0.642. The summed E-state index contributed by atoms with van der Waals surface area (Å²) >= 11 is 0. The molecule has 0 bridgehead atoms. The van der Waals surface area contributed by atoms with E-state index in [0.29, 0.717) is 12.3 Å². The van der Waals surface area contributed by atoms with Gasteiger partial charge >= 0.3 is 0 Å². The van der Waals surface area contributed by atoms with Gasteiger partial charge in [0, 0.05) is 5.56 Å². The molecule has 0 spiro atoms. The maximum atomic E-state index is 11.4. The van der Waals surface area contributed by atoms with E-state index >= 15 is 0 Å². The summed E-state index contributed by atoms with van der Waals surface area (Å²) in [4.78, 5) is 15.6. The number of hydrogen-bond acceptors (Lipinski definition) is 3. The van der Waals surface area contributed by atoms with Crippen LogP contribution in [-0.2, 0) is 4.79 Å². The summed E-state index contributed by atoms with van der Waals surface area (Å²) in [6.45, 7) is 1.92. The first-order valence-corrected chi connectivity index (χ1v) is 4.88. The molecule has 1 aliphatic heterocycles. The van der Waals surface area contributed by atoms with Crippen molar-refractivity contribution in [2.24, 2.45) is 4.99 Å². The van der Waals surface area contributed by atoms with Crippen molar-refractivity contribution in [1.29, 1.82) is 0 Å². The minimum Gasteiger partial charge on any atom is -0.508 e. The normalized spacial score (nSPS) is 19.9. The molecule has 2 N–H and O–H groups in total. The largest absolute Gasteiger partial charge is 0.508 e. The number of aliphatic imine (C=N–C) groups is 1. The lowest BCUT2D eigenvalue weighted by Crippen LogP contribution is -2.28. The number of aromatic hydroxyl groups is 1. The van der Waals surface area contributed by atoms with Crippen LogP contribution in [-0.4, -0.2) is 22.9 Å². The second kappa shape index (κ2) is 3.73. The van der Waals surface area contributed by atoms with E-state index in [4.69, 9.17) is 0 Å². The Hall–Kier alpha value is -1.84. The van der Waals surface area contributed by atoms with Crippen molar-refractivity contribution in [3.63, 3.8) is 0 Å². The van der Waals surface area contributed by atoms with Gasteiger partial charge in [0.15, 0.2) is 0 Å². The van der Waals surface area contributed by atoms with E-state index in [2.05, 4.69) is 10.3 Å². The fraction of sp³-hybridized carbons (Fsp3) is 0.273. The number of phenolic OH excluding ortho intramolecular Hbond substituents is 1. The highest BCUT2D eigenvalue weighted by Gasteiger charge is 2.25. The quantitative estimate of drug-likeness (QED) is 0.756. The van der Waals surface area contributed by atoms with Crippen LogP contribution in [0.2, 0.25) is 0 Å². The Kier molecular flexibility index (Phi) is 2.41. The zero-order valence-electron chi connectivity index (χ0n) is 8.40. The molecule has 0 fully saturated rings. The molecule has 15 heavy (non-hydrogen) atoms. The number of carbonyl (C=O) groups is 1. The topological polar surface area (TPSA) is 61.7 Å². The average molecular weight is 204 g/mol. The van der Waals surface area contributed by atoms with Gasteiger partial charge in [-0.1, -0.05) is 19.1 Å². The van der Waals surface area contributed by atoms with Crippen molar-refractivity contribution >= 4 is 11.7 Å². The predicted octanol–water partition coefficient (Wildman–Crippen LogP) is 1.05. The average Bonchev–Trinajstić information content (AvgIpc) is 2.60. The summed E-state index contributed by atoms with van der Waals surface area (Å²) in [6, 6.07) is 6.40. The van der Waals surface area contributed by atoms with Gasteiger partial charge in [-0.3, -0.25) is 9.79 Å². The van der Waals surface area contributed by atoms with Crippen molar-refractivity contribution in [2.75, 3.05) is 0 Å². The molecule has 0 saturated carbocycles. The molecule has 1 heterocycles. The first-order chi connectivity index (χ1) is 7.20. The molecule has 0 saturated heterocycles. The van der Waals surface area contributed by atoms with E-state index in [1.807, 2.05) is 6.92 Å². The second-order valence-corrected chi connectivity index (χ2v) is 3.44. The zero-order valence-corrected chi connectivity index (χ0v) is 8.40. The number of amidine groups is 1. The summed E-state index contributed by atoms with van der Waals surface area (Å²) in [7, 11) is 0. The molecule has 1 atom stereocenters. The van der Waals surface area contributed by atoms with Crippen molar-refractivity contribution in [2.45, 2.75) is 19.4 Å². The van der Waals surface area contributed by atoms with Crippen molar-refractivity contribution in [1.82, 2.24) is 5.32 Å².